The van der Waals surface area contributed by atoms with Gasteiger partial charge in [-0.1, -0.05) is 69.6 Å². The van der Waals surface area contributed by atoms with Gasteiger partial charge in [-0.05, 0) is 35.4 Å². The maximum Gasteiger partial charge on any atom is 0.339 e. The van der Waals surface area contributed by atoms with Crippen molar-refractivity contribution in [2.24, 2.45) is 0 Å². The SMILES string of the molecule is COC(=O)c1c(-c2cc(Cl)c(Cl)c(Cl)c2)cncc1-c1cc(Cl)c(Cl)c(Cl)c1. The highest BCUT2D eigenvalue weighted by Gasteiger charge is 2.22. The number of carbonyl (C=O) groups excluding carboxylic acids is 1. The normalized spacial score (nSPS) is 10.8. The topological polar surface area (TPSA) is 39.2 Å². The maximum absolute atomic E-state index is 12.6. The molecule has 144 valence electrons. The van der Waals surface area contributed by atoms with Crippen molar-refractivity contribution in [3.05, 3.63) is 72.4 Å². The molecule has 0 N–H and O–H groups in total. The Morgan fingerprint density at radius 2 is 1.11 bits per heavy atom. The van der Waals surface area contributed by atoms with Gasteiger partial charge in [0.25, 0.3) is 0 Å². The molecular formula is C19H9Cl6NO2. The minimum atomic E-state index is -0.586. The molecule has 0 aliphatic carbocycles. The lowest BCUT2D eigenvalue weighted by Gasteiger charge is -2.15. The summed E-state index contributed by atoms with van der Waals surface area (Å²) >= 11 is 36.7. The van der Waals surface area contributed by atoms with Gasteiger partial charge < -0.3 is 4.74 Å². The highest BCUT2D eigenvalue weighted by Crippen LogP contribution is 2.40. The average Bonchev–Trinajstić information content (AvgIpc) is 2.68. The lowest BCUT2D eigenvalue weighted by Crippen LogP contribution is -2.07. The smallest absolute Gasteiger partial charge is 0.339 e. The summed E-state index contributed by atoms with van der Waals surface area (Å²) < 4.78 is 4.98. The fourth-order valence-corrected chi connectivity index (χ4v) is 3.83. The van der Waals surface area contributed by atoms with Gasteiger partial charge in [0.05, 0.1) is 42.8 Å². The van der Waals surface area contributed by atoms with E-state index < -0.39 is 5.97 Å². The molecule has 0 atom stereocenters. The number of hydrogen-bond donors (Lipinski definition) is 0. The Morgan fingerprint density at radius 3 is 1.43 bits per heavy atom. The van der Waals surface area contributed by atoms with Crippen LogP contribution in [-0.2, 0) is 4.74 Å². The molecule has 0 amide bonds. The number of ether oxygens (including phenoxy) is 1. The van der Waals surface area contributed by atoms with E-state index >= 15 is 0 Å². The van der Waals surface area contributed by atoms with Gasteiger partial charge in [-0.15, -0.1) is 0 Å². The highest BCUT2D eigenvalue weighted by atomic mass is 35.5. The first-order chi connectivity index (χ1) is 13.2. The third-order valence-electron chi connectivity index (χ3n) is 3.93. The van der Waals surface area contributed by atoms with Crippen molar-refractivity contribution < 1.29 is 9.53 Å². The van der Waals surface area contributed by atoms with Crippen LogP contribution in [0.5, 0.6) is 0 Å². The Morgan fingerprint density at radius 1 is 0.750 bits per heavy atom. The van der Waals surface area contributed by atoms with Crippen molar-refractivity contribution >= 4 is 75.6 Å². The van der Waals surface area contributed by atoms with E-state index in [-0.39, 0.29) is 35.7 Å². The Labute approximate surface area is 191 Å². The van der Waals surface area contributed by atoms with Crippen molar-refractivity contribution in [2.75, 3.05) is 7.11 Å². The fourth-order valence-electron chi connectivity index (χ4n) is 2.64. The summed E-state index contributed by atoms with van der Waals surface area (Å²) in [5.41, 5.74) is 2.22. The van der Waals surface area contributed by atoms with Gasteiger partial charge in [-0.2, -0.15) is 0 Å². The first-order valence-corrected chi connectivity index (χ1v) is 9.87. The van der Waals surface area contributed by atoms with Crippen LogP contribution in [0.4, 0.5) is 0 Å². The first kappa shape index (κ1) is 21.5. The summed E-state index contributed by atoms with van der Waals surface area (Å²) in [4.78, 5) is 16.9. The number of pyridine rings is 1. The molecule has 3 aromatic rings. The van der Waals surface area contributed by atoms with E-state index in [4.69, 9.17) is 74.3 Å². The number of benzene rings is 2. The van der Waals surface area contributed by atoms with Crippen LogP contribution < -0.4 is 0 Å². The van der Waals surface area contributed by atoms with Crippen LogP contribution in [0.15, 0.2) is 36.7 Å². The second-order valence-corrected chi connectivity index (χ2v) is 7.99. The van der Waals surface area contributed by atoms with Crippen LogP contribution >= 0.6 is 69.6 Å². The summed E-state index contributed by atoms with van der Waals surface area (Å²) in [6.45, 7) is 0. The molecule has 3 nitrogen and oxygen atoms in total. The summed E-state index contributed by atoms with van der Waals surface area (Å²) in [7, 11) is 1.28. The molecule has 1 aromatic heterocycles. The van der Waals surface area contributed by atoms with Gasteiger partial charge in [0.1, 0.15) is 0 Å². The van der Waals surface area contributed by atoms with Gasteiger partial charge in [-0.3, -0.25) is 4.98 Å². The van der Waals surface area contributed by atoms with Crippen LogP contribution in [0.25, 0.3) is 22.3 Å². The molecule has 0 saturated heterocycles. The van der Waals surface area contributed by atoms with Crippen LogP contribution in [0.1, 0.15) is 10.4 Å². The van der Waals surface area contributed by atoms with Crippen LogP contribution in [-0.4, -0.2) is 18.1 Å². The summed E-state index contributed by atoms with van der Waals surface area (Å²) in [5.74, 6) is -0.586. The maximum atomic E-state index is 12.6. The number of methoxy groups -OCH3 is 1. The van der Waals surface area contributed by atoms with Crippen LogP contribution in [0, 0.1) is 0 Å². The summed E-state index contributed by atoms with van der Waals surface area (Å²) in [5, 5.41) is 1.39. The number of hydrogen-bond acceptors (Lipinski definition) is 3. The van der Waals surface area contributed by atoms with Gasteiger partial charge in [0.2, 0.25) is 0 Å². The minimum absolute atomic E-state index is 0.215. The Balaban J connectivity index is 2.33. The van der Waals surface area contributed by atoms with Gasteiger partial charge in [-0.25, -0.2) is 4.79 Å². The quantitative estimate of drug-likeness (QED) is 0.272. The number of esters is 1. The predicted octanol–water partition coefficient (Wildman–Crippen LogP) is 8.12. The molecule has 0 spiro atoms. The average molecular weight is 496 g/mol. The van der Waals surface area contributed by atoms with Crippen molar-refractivity contribution in [3.8, 4) is 22.3 Å². The van der Waals surface area contributed by atoms with Gasteiger partial charge in [0, 0.05) is 23.5 Å². The number of carbonyl (C=O) groups is 1. The van der Waals surface area contributed by atoms with E-state index in [2.05, 4.69) is 4.98 Å². The van der Waals surface area contributed by atoms with E-state index in [0.717, 1.165) is 0 Å². The standard InChI is InChI=1S/C19H9Cl6NO2/c1-28-19(27)16-10(8-2-12(20)17(24)13(21)3-8)6-26-7-11(16)9-4-14(22)18(25)15(23)5-9/h2-7H,1H3. The molecule has 0 fully saturated rings. The van der Waals surface area contributed by atoms with Crippen molar-refractivity contribution in [2.45, 2.75) is 0 Å². The van der Waals surface area contributed by atoms with Crippen LogP contribution in [0.3, 0.4) is 0 Å². The lowest BCUT2D eigenvalue weighted by atomic mass is 9.94. The zero-order valence-corrected chi connectivity index (χ0v) is 18.5. The van der Waals surface area contributed by atoms with E-state index in [1.165, 1.54) is 19.5 Å². The largest absolute Gasteiger partial charge is 0.465 e. The van der Waals surface area contributed by atoms with Crippen LogP contribution in [0.2, 0.25) is 30.1 Å². The van der Waals surface area contributed by atoms with Gasteiger partial charge >= 0.3 is 5.97 Å². The lowest BCUT2D eigenvalue weighted by molar-refractivity contribution is 0.0602. The zero-order valence-electron chi connectivity index (χ0n) is 14.0. The molecule has 3 rings (SSSR count). The number of halogens is 6. The molecule has 0 bridgehead atoms. The molecule has 0 unspecified atom stereocenters. The fraction of sp³-hybridized carbons (Fsp3) is 0.0526. The third-order valence-corrected chi connectivity index (χ3v) is 6.32. The van der Waals surface area contributed by atoms with E-state index in [0.29, 0.717) is 22.3 Å². The monoisotopic (exact) mass is 493 g/mol. The number of nitrogens with zero attached hydrogens (tertiary/aromatic N) is 1. The minimum Gasteiger partial charge on any atom is -0.465 e. The Kier molecular flexibility index (Phi) is 6.65. The Bertz CT molecular complexity index is 978. The van der Waals surface area contributed by atoms with E-state index in [9.17, 15) is 4.79 Å². The summed E-state index contributed by atoms with van der Waals surface area (Å²) in [6, 6.07) is 6.35. The second-order valence-electron chi connectivity index (χ2n) is 5.61. The van der Waals surface area contributed by atoms with E-state index in [1.54, 1.807) is 24.3 Å². The molecular weight excluding hydrogens is 487 g/mol. The number of aromatic nitrogens is 1. The van der Waals surface area contributed by atoms with Gasteiger partial charge in [0.15, 0.2) is 0 Å². The molecule has 0 radical (unpaired) electrons. The first-order valence-electron chi connectivity index (χ1n) is 7.60. The zero-order chi connectivity index (χ0) is 20.6. The molecule has 9 heteroatoms. The molecule has 1 heterocycles. The van der Waals surface area contributed by atoms with E-state index in [1.807, 2.05) is 0 Å². The second kappa shape index (κ2) is 8.66. The number of rotatable bonds is 3. The predicted molar refractivity (Wildman–Crippen MR) is 117 cm³/mol. The van der Waals surface area contributed by atoms with Crippen molar-refractivity contribution in [1.29, 1.82) is 0 Å². The molecule has 0 saturated carbocycles. The third kappa shape index (κ3) is 4.06. The van der Waals surface area contributed by atoms with Crippen molar-refractivity contribution in [1.82, 2.24) is 4.98 Å². The van der Waals surface area contributed by atoms with Crippen molar-refractivity contribution in [3.63, 3.8) is 0 Å². The molecule has 0 aliphatic rings. The summed E-state index contributed by atoms with van der Waals surface area (Å²) in [6.07, 6.45) is 3.01. The Hall–Kier alpha value is -1.20. The molecule has 28 heavy (non-hydrogen) atoms. The molecule has 0 aliphatic heterocycles. The molecule has 2 aromatic carbocycles. The highest BCUT2D eigenvalue weighted by molar-refractivity contribution is 6.49.